The molecule has 1 unspecified atom stereocenters. The predicted molar refractivity (Wildman–Crippen MR) is 136 cm³/mol. The van der Waals surface area contributed by atoms with E-state index in [2.05, 4.69) is 107 Å². The molecule has 0 fully saturated rings. The molecular formula is C30H19N2O+. The van der Waals surface area contributed by atoms with Crippen LogP contribution in [0.4, 0.5) is 22.7 Å². The fourth-order valence-electron chi connectivity index (χ4n) is 5.76. The number of rotatable bonds is 1. The Morgan fingerprint density at radius 1 is 0.727 bits per heavy atom. The minimum Gasteiger partial charge on any atom is -0.456 e. The van der Waals surface area contributed by atoms with Gasteiger partial charge in [-0.15, -0.1) is 0 Å². The Morgan fingerprint density at radius 2 is 1.55 bits per heavy atom. The molecule has 3 aliphatic rings. The van der Waals surface area contributed by atoms with Crippen LogP contribution in [0.2, 0.25) is 0 Å². The third-order valence-corrected chi connectivity index (χ3v) is 7.10. The van der Waals surface area contributed by atoms with E-state index in [1.54, 1.807) is 0 Å². The van der Waals surface area contributed by atoms with E-state index in [-0.39, 0.29) is 6.04 Å². The maximum Gasteiger partial charge on any atom is 0.235 e. The Morgan fingerprint density at radius 3 is 2.48 bits per heavy atom. The molecule has 0 bridgehead atoms. The maximum absolute atomic E-state index is 6.27. The normalized spacial score (nSPS) is 17.9. The Balaban J connectivity index is 1.47. The quantitative estimate of drug-likeness (QED) is 0.263. The summed E-state index contributed by atoms with van der Waals surface area (Å²) in [4.78, 5) is 2.49. The van der Waals surface area contributed by atoms with Gasteiger partial charge in [0.15, 0.2) is 0 Å². The van der Waals surface area contributed by atoms with E-state index in [4.69, 9.17) is 4.42 Å². The van der Waals surface area contributed by atoms with Crippen molar-refractivity contribution in [1.29, 1.82) is 0 Å². The molecule has 154 valence electrons. The van der Waals surface area contributed by atoms with Crippen molar-refractivity contribution in [2.24, 2.45) is 0 Å². The summed E-state index contributed by atoms with van der Waals surface area (Å²) in [7, 11) is 0. The molecule has 1 atom stereocenters. The number of para-hydroxylation sites is 4. The zero-order valence-corrected chi connectivity index (χ0v) is 17.8. The molecule has 0 saturated heterocycles. The number of anilines is 2. The smallest absolute Gasteiger partial charge is 0.235 e. The SMILES string of the molecule is C1=CC2=[N+](c3ccccc3)c3ccccc3N3c4cc5oc6ccccc6c5cc4C(=C1)C23. The van der Waals surface area contributed by atoms with Gasteiger partial charge in [-0.25, -0.2) is 0 Å². The van der Waals surface area contributed by atoms with Gasteiger partial charge in [-0.1, -0.05) is 60.7 Å². The first kappa shape index (κ1) is 17.2. The van der Waals surface area contributed by atoms with Crippen molar-refractivity contribution in [3.63, 3.8) is 0 Å². The van der Waals surface area contributed by atoms with E-state index in [1.165, 1.54) is 50.4 Å². The summed E-state index contributed by atoms with van der Waals surface area (Å²) in [6.45, 7) is 0. The van der Waals surface area contributed by atoms with E-state index in [0.29, 0.717) is 0 Å². The van der Waals surface area contributed by atoms with E-state index in [0.717, 1.165) is 11.2 Å². The molecule has 1 aromatic heterocycles. The van der Waals surface area contributed by atoms with Crippen LogP contribution < -0.4 is 9.48 Å². The molecule has 1 aliphatic carbocycles. The van der Waals surface area contributed by atoms with Crippen LogP contribution in [0.25, 0.3) is 27.5 Å². The molecule has 4 aromatic carbocycles. The zero-order valence-electron chi connectivity index (χ0n) is 17.8. The Kier molecular flexibility index (Phi) is 3.19. The molecule has 33 heavy (non-hydrogen) atoms. The summed E-state index contributed by atoms with van der Waals surface area (Å²) in [6, 6.07) is 32.4. The largest absolute Gasteiger partial charge is 0.456 e. The number of hydrogen-bond acceptors (Lipinski definition) is 2. The fraction of sp³-hybridized carbons (Fsp3) is 0.0333. The molecule has 3 heterocycles. The highest BCUT2D eigenvalue weighted by atomic mass is 16.3. The zero-order chi connectivity index (χ0) is 21.5. The molecule has 0 saturated carbocycles. The number of allylic oxidation sites excluding steroid dienone is 2. The van der Waals surface area contributed by atoms with Crippen LogP contribution in [0.5, 0.6) is 0 Å². The second kappa shape index (κ2) is 6.11. The summed E-state index contributed by atoms with van der Waals surface area (Å²) >= 11 is 0. The van der Waals surface area contributed by atoms with Crippen molar-refractivity contribution in [3.8, 4) is 0 Å². The lowest BCUT2D eigenvalue weighted by Crippen LogP contribution is -2.43. The van der Waals surface area contributed by atoms with Gasteiger partial charge in [0.1, 0.15) is 22.9 Å². The topological polar surface area (TPSA) is 19.4 Å². The Labute approximate surface area is 190 Å². The van der Waals surface area contributed by atoms with Gasteiger partial charge in [-0.2, -0.15) is 4.58 Å². The lowest BCUT2D eigenvalue weighted by molar-refractivity contribution is 0.669. The van der Waals surface area contributed by atoms with Crippen LogP contribution in [0, 0.1) is 0 Å². The van der Waals surface area contributed by atoms with Crippen molar-refractivity contribution < 1.29 is 4.42 Å². The first-order valence-electron chi connectivity index (χ1n) is 11.3. The van der Waals surface area contributed by atoms with Gasteiger partial charge in [0.25, 0.3) is 0 Å². The Bertz CT molecular complexity index is 1720. The first-order valence-corrected chi connectivity index (χ1v) is 11.3. The van der Waals surface area contributed by atoms with Gasteiger partial charge in [-0.3, -0.25) is 0 Å². The lowest BCUT2D eigenvalue weighted by Gasteiger charge is -2.32. The monoisotopic (exact) mass is 423 g/mol. The molecule has 2 aliphatic heterocycles. The van der Waals surface area contributed by atoms with Crippen molar-refractivity contribution in [2.45, 2.75) is 6.04 Å². The number of benzene rings is 4. The van der Waals surface area contributed by atoms with E-state index >= 15 is 0 Å². The fourth-order valence-corrected chi connectivity index (χ4v) is 5.76. The molecule has 3 nitrogen and oxygen atoms in total. The molecular weight excluding hydrogens is 404 g/mol. The second-order valence-electron chi connectivity index (χ2n) is 8.80. The first-order chi connectivity index (χ1) is 16.4. The Hall–Kier alpha value is -4.37. The van der Waals surface area contributed by atoms with E-state index in [1.807, 2.05) is 12.1 Å². The molecule has 0 spiro atoms. The van der Waals surface area contributed by atoms with Gasteiger partial charge >= 0.3 is 0 Å². The van der Waals surface area contributed by atoms with E-state index < -0.39 is 0 Å². The summed E-state index contributed by atoms with van der Waals surface area (Å²) in [5.41, 5.74) is 10.6. The highest BCUT2D eigenvalue weighted by molar-refractivity contribution is 6.22. The van der Waals surface area contributed by atoms with Crippen LogP contribution in [0.1, 0.15) is 5.56 Å². The average Bonchev–Trinajstić information content (AvgIpc) is 3.40. The molecule has 3 heteroatoms. The van der Waals surface area contributed by atoms with Crippen LogP contribution in [0.15, 0.2) is 114 Å². The van der Waals surface area contributed by atoms with Crippen molar-refractivity contribution in [3.05, 3.63) is 115 Å². The number of hydrogen-bond donors (Lipinski definition) is 0. The third-order valence-electron chi connectivity index (χ3n) is 7.10. The van der Waals surface area contributed by atoms with Crippen LogP contribution in [-0.2, 0) is 0 Å². The lowest BCUT2D eigenvalue weighted by atomic mass is 9.91. The minimum atomic E-state index is 0.137. The van der Waals surface area contributed by atoms with Gasteiger partial charge < -0.3 is 9.32 Å². The van der Waals surface area contributed by atoms with Crippen LogP contribution in [0.3, 0.4) is 0 Å². The highest BCUT2D eigenvalue weighted by Crippen LogP contribution is 2.53. The van der Waals surface area contributed by atoms with Crippen molar-refractivity contribution in [1.82, 2.24) is 4.58 Å². The standard InChI is InChI=1S/C30H19N2O/c1-2-9-19(10-3-1)31-24-13-5-6-14-25(24)32-27-18-29-23(20-11-4-7-16-28(20)33-29)17-22(27)21-12-8-15-26(31)30(21)32/h1-18,30H/q+1. The summed E-state index contributed by atoms with van der Waals surface area (Å²) < 4.78 is 8.68. The summed E-state index contributed by atoms with van der Waals surface area (Å²) in [5.74, 6) is 0. The van der Waals surface area contributed by atoms with Gasteiger partial charge in [0.05, 0.1) is 5.69 Å². The average molecular weight is 423 g/mol. The number of nitrogens with zero attached hydrogens (tertiary/aromatic N) is 2. The van der Waals surface area contributed by atoms with E-state index in [9.17, 15) is 0 Å². The molecule has 0 amide bonds. The van der Waals surface area contributed by atoms with Crippen LogP contribution >= 0.6 is 0 Å². The van der Waals surface area contributed by atoms with Gasteiger partial charge in [0, 0.05) is 46.7 Å². The van der Waals surface area contributed by atoms with Crippen molar-refractivity contribution in [2.75, 3.05) is 4.90 Å². The molecule has 5 aromatic rings. The van der Waals surface area contributed by atoms with Gasteiger partial charge in [-0.05, 0) is 23.8 Å². The second-order valence-corrected chi connectivity index (χ2v) is 8.80. The molecule has 0 N–H and O–H groups in total. The number of fused-ring (bicyclic) bond motifs is 8. The van der Waals surface area contributed by atoms with Crippen molar-refractivity contribution >= 4 is 56.0 Å². The van der Waals surface area contributed by atoms with Gasteiger partial charge in [0.2, 0.25) is 17.1 Å². The molecule has 8 rings (SSSR count). The highest BCUT2D eigenvalue weighted by Gasteiger charge is 2.48. The minimum absolute atomic E-state index is 0.137. The number of furan rings is 1. The van der Waals surface area contributed by atoms with Crippen LogP contribution in [-0.4, -0.2) is 11.8 Å². The third kappa shape index (κ3) is 2.16. The molecule has 0 radical (unpaired) electrons. The predicted octanol–water partition coefficient (Wildman–Crippen LogP) is 7.35. The maximum atomic E-state index is 6.27. The summed E-state index contributed by atoms with van der Waals surface area (Å²) in [6.07, 6.45) is 6.73. The summed E-state index contributed by atoms with van der Waals surface area (Å²) in [5, 5.41) is 2.34.